The van der Waals surface area contributed by atoms with E-state index in [0.29, 0.717) is 0 Å². The van der Waals surface area contributed by atoms with Crippen molar-refractivity contribution in [3.05, 3.63) is 0 Å². The van der Waals surface area contributed by atoms with Gasteiger partial charge in [-0.3, -0.25) is 0 Å². The first-order valence-electron chi connectivity index (χ1n) is 7.64. The molecular formula is C15H32N2. The molecule has 2 heteroatoms. The average Bonchev–Trinajstić information content (AvgIpc) is 2.40. The molecule has 0 radical (unpaired) electrons. The van der Waals surface area contributed by atoms with Gasteiger partial charge in [-0.2, -0.15) is 0 Å². The van der Waals surface area contributed by atoms with Crippen molar-refractivity contribution in [2.75, 3.05) is 13.1 Å². The van der Waals surface area contributed by atoms with Gasteiger partial charge in [-0.1, -0.05) is 52.9 Å². The monoisotopic (exact) mass is 240 g/mol. The first kappa shape index (κ1) is 15.0. The smallest absolute Gasteiger partial charge is 0.0306 e. The maximum Gasteiger partial charge on any atom is 0.0306 e. The van der Waals surface area contributed by atoms with Crippen LogP contribution in [-0.4, -0.2) is 18.6 Å². The molecule has 0 aromatic rings. The van der Waals surface area contributed by atoms with Crippen LogP contribution in [-0.2, 0) is 0 Å². The molecule has 0 heterocycles. The van der Waals surface area contributed by atoms with E-state index in [1.165, 1.54) is 44.9 Å². The molecule has 0 bridgehead atoms. The van der Waals surface area contributed by atoms with E-state index in [1.807, 2.05) is 0 Å². The van der Waals surface area contributed by atoms with Gasteiger partial charge >= 0.3 is 0 Å². The lowest BCUT2D eigenvalue weighted by Gasteiger charge is -2.42. The Kier molecular flexibility index (Phi) is 6.50. The van der Waals surface area contributed by atoms with Gasteiger partial charge in [0.05, 0.1) is 0 Å². The molecule has 1 aliphatic carbocycles. The molecule has 0 saturated heterocycles. The molecule has 1 saturated carbocycles. The van der Waals surface area contributed by atoms with Crippen LogP contribution in [0.3, 0.4) is 0 Å². The van der Waals surface area contributed by atoms with Crippen LogP contribution in [0.1, 0.15) is 65.7 Å². The Morgan fingerprint density at radius 3 is 2.53 bits per heavy atom. The summed E-state index contributed by atoms with van der Waals surface area (Å²) >= 11 is 0. The van der Waals surface area contributed by atoms with Crippen molar-refractivity contribution in [1.29, 1.82) is 0 Å². The fourth-order valence-electron chi connectivity index (χ4n) is 3.19. The first-order valence-corrected chi connectivity index (χ1v) is 7.64. The molecule has 1 aliphatic rings. The third-order valence-corrected chi connectivity index (χ3v) is 4.84. The van der Waals surface area contributed by atoms with E-state index in [0.717, 1.165) is 24.9 Å². The predicted octanol–water partition coefficient (Wildman–Crippen LogP) is 3.31. The van der Waals surface area contributed by atoms with Gasteiger partial charge in [-0.25, -0.2) is 0 Å². The lowest BCUT2D eigenvalue weighted by Crippen LogP contribution is -2.55. The highest BCUT2D eigenvalue weighted by molar-refractivity contribution is 4.94. The molecule has 0 spiro atoms. The number of hydrogen-bond acceptors (Lipinski definition) is 2. The van der Waals surface area contributed by atoms with Crippen molar-refractivity contribution in [2.45, 2.75) is 71.3 Å². The maximum atomic E-state index is 6.06. The van der Waals surface area contributed by atoms with Gasteiger partial charge in [-0.15, -0.1) is 0 Å². The van der Waals surface area contributed by atoms with Crippen molar-refractivity contribution < 1.29 is 0 Å². The molecule has 3 N–H and O–H groups in total. The van der Waals surface area contributed by atoms with E-state index in [2.05, 4.69) is 26.1 Å². The van der Waals surface area contributed by atoms with E-state index >= 15 is 0 Å². The molecule has 1 rings (SSSR count). The van der Waals surface area contributed by atoms with Crippen LogP contribution in [0, 0.1) is 11.8 Å². The highest BCUT2D eigenvalue weighted by Crippen LogP contribution is 2.33. The van der Waals surface area contributed by atoms with Crippen LogP contribution >= 0.6 is 0 Å². The standard InChI is InChI=1S/C15H32N2/c1-4-13(5-2)11-17-15(12-16)9-7-8-14(6-3)10-15/h13-14,17H,4-12,16H2,1-3H3. The summed E-state index contributed by atoms with van der Waals surface area (Å²) in [5.41, 5.74) is 6.31. The summed E-state index contributed by atoms with van der Waals surface area (Å²) in [6, 6.07) is 0. The summed E-state index contributed by atoms with van der Waals surface area (Å²) in [5.74, 6) is 1.71. The van der Waals surface area contributed by atoms with Gasteiger partial charge < -0.3 is 11.1 Å². The van der Waals surface area contributed by atoms with Gasteiger partial charge in [0.25, 0.3) is 0 Å². The molecule has 0 amide bonds. The average molecular weight is 240 g/mol. The third kappa shape index (κ3) is 4.26. The van der Waals surface area contributed by atoms with E-state index in [-0.39, 0.29) is 5.54 Å². The van der Waals surface area contributed by atoms with Gasteiger partial charge in [0.2, 0.25) is 0 Å². The van der Waals surface area contributed by atoms with Crippen molar-refractivity contribution in [1.82, 2.24) is 5.32 Å². The molecule has 2 atom stereocenters. The van der Waals surface area contributed by atoms with Crippen LogP contribution in [0.2, 0.25) is 0 Å². The zero-order chi connectivity index (χ0) is 12.7. The third-order valence-electron chi connectivity index (χ3n) is 4.84. The molecular weight excluding hydrogens is 208 g/mol. The molecule has 0 aliphatic heterocycles. The molecule has 0 aromatic carbocycles. The highest BCUT2D eigenvalue weighted by Gasteiger charge is 2.34. The van der Waals surface area contributed by atoms with E-state index < -0.39 is 0 Å². The molecule has 17 heavy (non-hydrogen) atoms. The minimum atomic E-state index is 0.252. The summed E-state index contributed by atoms with van der Waals surface area (Å²) in [5, 5.41) is 3.83. The van der Waals surface area contributed by atoms with Crippen molar-refractivity contribution in [3.63, 3.8) is 0 Å². The Bertz CT molecular complexity index is 201. The van der Waals surface area contributed by atoms with Crippen LogP contribution in [0.4, 0.5) is 0 Å². The Hall–Kier alpha value is -0.0800. The number of rotatable bonds is 7. The van der Waals surface area contributed by atoms with Crippen LogP contribution in [0.5, 0.6) is 0 Å². The number of nitrogens with one attached hydrogen (secondary N) is 1. The van der Waals surface area contributed by atoms with Gasteiger partial charge in [0, 0.05) is 12.1 Å². The molecule has 2 unspecified atom stereocenters. The second-order valence-electron chi connectivity index (χ2n) is 5.92. The van der Waals surface area contributed by atoms with Crippen molar-refractivity contribution >= 4 is 0 Å². The van der Waals surface area contributed by atoms with Crippen LogP contribution in [0.25, 0.3) is 0 Å². The van der Waals surface area contributed by atoms with Crippen molar-refractivity contribution in [3.8, 4) is 0 Å². The molecule has 2 nitrogen and oxygen atoms in total. The van der Waals surface area contributed by atoms with Crippen molar-refractivity contribution in [2.24, 2.45) is 17.6 Å². The summed E-state index contributed by atoms with van der Waals surface area (Å²) in [7, 11) is 0. The van der Waals surface area contributed by atoms with E-state index in [4.69, 9.17) is 5.73 Å². The Morgan fingerprint density at radius 2 is 2.00 bits per heavy atom. The van der Waals surface area contributed by atoms with Gasteiger partial charge in [0.15, 0.2) is 0 Å². The Labute approximate surface area is 108 Å². The summed E-state index contributed by atoms with van der Waals surface area (Å²) in [6.07, 6.45) is 9.20. The first-order chi connectivity index (χ1) is 8.19. The normalized spacial score (nSPS) is 29.8. The predicted molar refractivity (Wildman–Crippen MR) is 76.1 cm³/mol. The lowest BCUT2D eigenvalue weighted by atomic mass is 9.74. The van der Waals surface area contributed by atoms with Gasteiger partial charge in [0.1, 0.15) is 0 Å². The summed E-state index contributed by atoms with van der Waals surface area (Å²) in [4.78, 5) is 0. The topological polar surface area (TPSA) is 38.0 Å². The number of nitrogens with two attached hydrogens (primary N) is 1. The van der Waals surface area contributed by atoms with E-state index in [1.54, 1.807) is 0 Å². The molecule has 102 valence electrons. The fraction of sp³-hybridized carbons (Fsp3) is 1.00. The van der Waals surface area contributed by atoms with Crippen LogP contribution in [0.15, 0.2) is 0 Å². The zero-order valence-electron chi connectivity index (χ0n) is 12.1. The summed E-state index contributed by atoms with van der Waals surface area (Å²) < 4.78 is 0. The second-order valence-corrected chi connectivity index (χ2v) is 5.92. The second kappa shape index (κ2) is 7.38. The maximum absolute atomic E-state index is 6.06. The zero-order valence-corrected chi connectivity index (χ0v) is 12.1. The molecule has 0 aromatic heterocycles. The minimum Gasteiger partial charge on any atom is -0.329 e. The van der Waals surface area contributed by atoms with Gasteiger partial charge in [-0.05, 0) is 31.2 Å². The van der Waals surface area contributed by atoms with Crippen LogP contribution < -0.4 is 11.1 Å². The largest absolute Gasteiger partial charge is 0.329 e. The summed E-state index contributed by atoms with van der Waals surface area (Å²) in [6.45, 7) is 8.86. The highest BCUT2D eigenvalue weighted by atomic mass is 15.0. The molecule has 1 fully saturated rings. The Balaban J connectivity index is 2.49. The quantitative estimate of drug-likeness (QED) is 0.716. The SMILES string of the molecule is CCC(CC)CNC1(CN)CCCC(CC)C1. The minimum absolute atomic E-state index is 0.252. The fourth-order valence-corrected chi connectivity index (χ4v) is 3.19. The Morgan fingerprint density at radius 1 is 1.29 bits per heavy atom. The van der Waals surface area contributed by atoms with E-state index in [9.17, 15) is 0 Å². The lowest BCUT2D eigenvalue weighted by molar-refractivity contribution is 0.172. The number of hydrogen-bond donors (Lipinski definition) is 2.